The predicted octanol–water partition coefficient (Wildman–Crippen LogP) is -0.593. The van der Waals surface area contributed by atoms with Gasteiger partial charge in [-0.2, -0.15) is 0 Å². The van der Waals surface area contributed by atoms with Crippen LogP contribution in [0.1, 0.15) is 25.5 Å². The molecule has 1 fully saturated rings. The maximum atomic E-state index is 12.6. The number of hydrogen-bond donors (Lipinski definition) is 3. The summed E-state index contributed by atoms with van der Waals surface area (Å²) in [5, 5.41) is 2.70. The Morgan fingerprint density at radius 3 is 3.00 bits per heavy atom. The number of aromatic amines is 1. The van der Waals surface area contributed by atoms with E-state index in [4.69, 9.17) is 5.73 Å². The second-order valence-electron chi connectivity index (χ2n) is 5.13. The van der Waals surface area contributed by atoms with Crippen molar-refractivity contribution in [3.8, 4) is 0 Å². The van der Waals surface area contributed by atoms with Crippen molar-refractivity contribution in [1.29, 1.82) is 0 Å². The van der Waals surface area contributed by atoms with Gasteiger partial charge in [0.15, 0.2) is 0 Å². The molecule has 4 N–H and O–H groups in total. The lowest BCUT2D eigenvalue weighted by molar-refractivity contribution is -0.136. The third kappa shape index (κ3) is 3.36. The minimum Gasteiger partial charge on any atom is -0.348 e. The molecule has 110 valence electrons. The van der Waals surface area contributed by atoms with Gasteiger partial charge in [-0.05, 0) is 19.8 Å². The smallest absolute Gasteiger partial charge is 0.245 e. The number of imidazole rings is 1. The topological polar surface area (TPSA) is 104 Å². The van der Waals surface area contributed by atoms with Crippen LogP contribution in [0.4, 0.5) is 0 Å². The van der Waals surface area contributed by atoms with E-state index in [-0.39, 0.29) is 24.4 Å². The van der Waals surface area contributed by atoms with Crippen molar-refractivity contribution in [2.45, 2.75) is 38.3 Å². The summed E-state index contributed by atoms with van der Waals surface area (Å²) >= 11 is 0. The Labute approximate surface area is 117 Å². The molecule has 1 aliphatic rings. The molecule has 7 heteroatoms. The molecule has 1 aromatic heterocycles. The van der Waals surface area contributed by atoms with Crippen LogP contribution in [0.25, 0.3) is 0 Å². The zero-order valence-corrected chi connectivity index (χ0v) is 11.6. The van der Waals surface area contributed by atoms with E-state index in [9.17, 15) is 9.59 Å². The van der Waals surface area contributed by atoms with Gasteiger partial charge in [-0.15, -0.1) is 0 Å². The Morgan fingerprint density at radius 2 is 2.45 bits per heavy atom. The summed E-state index contributed by atoms with van der Waals surface area (Å²) in [5.41, 5.74) is 6.13. The van der Waals surface area contributed by atoms with E-state index in [1.54, 1.807) is 12.5 Å². The standard InChI is InChI=1S/C13H21N5O2/c1-9-3-2-4-18(9)13(20)11(17-12(19)6-14)5-10-7-15-8-16-10/h7-9,11H,2-6,14H2,1H3,(H,15,16)(H,17,19). The second kappa shape index (κ2) is 6.51. The quantitative estimate of drug-likeness (QED) is 0.670. The predicted molar refractivity (Wildman–Crippen MR) is 73.7 cm³/mol. The number of nitrogens with two attached hydrogens (primary N) is 1. The fraction of sp³-hybridized carbons (Fsp3) is 0.615. The van der Waals surface area contributed by atoms with Gasteiger partial charge in [-0.1, -0.05) is 0 Å². The van der Waals surface area contributed by atoms with E-state index in [1.807, 2.05) is 11.8 Å². The lowest BCUT2D eigenvalue weighted by Gasteiger charge is -2.27. The monoisotopic (exact) mass is 279 g/mol. The van der Waals surface area contributed by atoms with Crippen molar-refractivity contribution >= 4 is 11.8 Å². The van der Waals surface area contributed by atoms with Crippen LogP contribution in [-0.4, -0.2) is 51.9 Å². The highest BCUT2D eigenvalue weighted by Crippen LogP contribution is 2.18. The summed E-state index contributed by atoms with van der Waals surface area (Å²) in [5.74, 6) is -0.374. The number of carbonyl (C=O) groups is 2. The normalized spacial score (nSPS) is 19.9. The first-order chi connectivity index (χ1) is 9.61. The van der Waals surface area contributed by atoms with E-state index >= 15 is 0 Å². The Bertz CT molecular complexity index is 459. The number of amides is 2. The summed E-state index contributed by atoms with van der Waals surface area (Å²) < 4.78 is 0. The molecule has 2 atom stereocenters. The highest BCUT2D eigenvalue weighted by Gasteiger charge is 2.31. The van der Waals surface area contributed by atoms with Crippen LogP contribution in [0.2, 0.25) is 0 Å². The van der Waals surface area contributed by atoms with Crippen molar-refractivity contribution in [2.75, 3.05) is 13.1 Å². The number of nitrogens with zero attached hydrogens (tertiary/aromatic N) is 2. The summed E-state index contributed by atoms with van der Waals surface area (Å²) in [4.78, 5) is 32.8. The fourth-order valence-corrected chi connectivity index (χ4v) is 2.53. The number of carbonyl (C=O) groups excluding carboxylic acids is 2. The van der Waals surface area contributed by atoms with Crippen molar-refractivity contribution in [1.82, 2.24) is 20.2 Å². The van der Waals surface area contributed by atoms with Gasteiger partial charge in [-0.3, -0.25) is 9.59 Å². The molecule has 2 rings (SSSR count). The summed E-state index contributed by atoms with van der Waals surface area (Å²) in [6.45, 7) is 2.66. The number of likely N-dealkylation sites (tertiary alicyclic amines) is 1. The van der Waals surface area contributed by atoms with Gasteiger partial charge in [0.1, 0.15) is 6.04 Å². The molecule has 0 spiro atoms. The molecule has 2 unspecified atom stereocenters. The first-order valence-corrected chi connectivity index (χ1v) is 6.89. The van der Waals surface area contributed by atoms with Gasteiger partial charge in [0.2, 0.25) is 11.8 Å². The minimum atomic E-state index is -0.591. The average molecular weight is 279 g/mol. The summed E-state index contributed by atoms with van der Waals surface area (Å²) in [6, 6.07) is -0.367. The lowest BCUT2D eigenvalue weighted by atomic mass is 10.1. The number of aromatic nitrogens is 2. The van der Waals surface area contributed by atoms with Gasteiger partial charge in [-0.25, -0.2) is 4.98 Å². The van der Waals surface area contributed by atoms with E-state index in [2.05, 4.69) is 15.3 Å². The molecule has 0 aromatic carbocycles. The minimum absolute atomic E-state index is 0.0496. The highest BCUT2D eigenvalue weighted by atomic mass is 16.2. The molecule has 1 aromatic rings. The fourth-order valence-electron chi connectivity index (χ4n) is 2.53. The Hall–Kier alpha value is -1.89. The number of rotatable bonds is 5. The van der Waals surface area contributed by atoms with E-state index in [1.165, 1.54) is 0 Å². The van der Waals surface area contributed by atoms with Gasteiger partial charge < -0.3 is 20.9 Å². The molecule has 2 heterocycles. The molecule has 2 amide bonds. The number of H-pyrrole nitrogens is 1. The zero-order chi connectivity index (χ0) is 14.5. The Balaban J connectivity index is 2.08. The van der Waals surface area contributed by atoms with Crippen molar-refractivity contribution in [3.63, 3.8) is 0 Å². The molecule has 0 radical (unpaired) electrons. The molecule has 20 heavy (non-hydrogen) atoms. The number of nitrogens with one attached hydrogen (secondary N) is 2. The van der Waals surface area contributed by atoms with E-state index < -0.39 is 6.04 Å². The SMILES string of the molecule is CC1CCCN1C(=O)C(Cc1cnc[nH]1)NC(=O)CN. The molecular formula is C13H21N5O2. The number of hydrogen-bond acceptors (Lipinski definition) is 4. The molecule has 0 saturated carbocycles. The lowest BCUT2D eigenvalue weighted by Crippen LogP contribution is -2.51. The van der Waals surface area contributed by atoms with E-state index in [0.717, 1.165) is 25.1 Å². The van der Waals surface area contributed by atoms with Crippen LogP contribution in [-0.2, 0) is 16.0 Å². The van der Waals surface area contributed by atoms with Crippen molar-refractivity contribution in [2.24, 2.45) is 5.73 Å². The van der Waals surface area contributed by atoms with Crippen LogP contribution >= 0.6 is 0 Å². The Morgan fingerprint density at radius 1 is 1.65 bits per heavy atom. The molecule has 1 saturated heterocycles. The average Bonchev–Trinajstić information content (AvgIpc) is 3.08. The van der Waals surface area contributed by atoms with Gasteiger partial charge in [0.25, 0.3) is 0 Å². The van der Waals surface area contributed by atoms with Gasteiger partial charge in [0.05, 0.1) is 12.9 Å². The third-order valence-corrected chi connectivity index (χ3v) is 3.63. The Kier molecular flexibility index (Phi) is 4.73. The molecule has 0 aliphatic carbocycles. The largest absolute Gasteiger partial charge is 0.348 e. The highest BCUT2D eigenvalue weighted by molar-refractivity contribution is 5.88. The van der Waals surface area contributed by atoms with Crippen LogP contribution in [0, 0.1) is 0 Å². The zero-order valence-electron chi connectivity index (χ0n) is 11.6. The summed E-state index contributed by atoms with van der Waals surface area (Å²) in [7, 11) is 0. The van der Waals surface area contributed by atoms with Crippen molar-refractivity contribution < 1.29 is 9.59 Å². The first-order valence-electron chi connectivity index (χ1n) is 6.89. The summed E-state index contributed by atoms with van der Waals surface area (Å²) in [6.07, 6.45) is 5.62. The van der Waals surface area contributed by atoms with Crippen LogP contribution in [0.15, 0.2) is 12.5 Å². The molecule has 1 aliphatic heterocycles. The van der Waals surface area contributed by atoms with Crippen LogP contribution in [0.3, 0.4) is 0 Å². The van der Waals surface area contributed by atoms with Crippen LogP contribution in [0.5, 0.6) is 0 Å². The van der Waals surface area contributed by atoms with Gasteiger partial charge in [0, 0.05) is 30.9 Å². The molecule has 7 nitrogen and oxygen atoms in total. The van der Waals surface area contributed by atoms with Crippen molar-refractivity contribution in [3.05, 3.63) is 18.2 Å². The maximum Gasteiger partial charge on any atom is 0.245 e. The first kappa shape index (κ1) is 14.5. The van der Waals surface area contributed by atoms with Gasteiger partial charge >= 0.3 is 0 Å². The van der Waals surface area contributed by atoms with E-state index in [0.29, 0.717) is 6.42 Å². The molecule has 0 bridgehead atoms. The maximum absolute atomic E-state index is 12.6. The van der Waals surface area contributed by atoms with Crippen LogP contribution < -0.4 is 11.1 Å². The second-order valence-corrected chi connectivity index (χ2v) is 5.13. The molecular weight excluding hydrogens is 258 g/mol. The third-order valence-electron chi connectivity index (χ3n) is 3.63.